The van der Waals surface area contributed by atoms with Crippen LogP contribution in [-0.2, 0) is 0 Å². The summed E-state index contributed by atoms with van der Waals surface area (Å²) in [4.78, 5) is 12.9. The predicted molar refractivity (Wildman–Crippen MR) is 104 cm³/mol. The van der Waals surface area contributed by atoms with Gasteiger partial charge in [-0.15, -0.1) is 0 Å². The fraction of sp³-hybridized carbons (Fsp3) is 0.208. The summed E-state index contributed by atoms with van der Waals surface area (Å²) in [5.74, 6) is 0.267. The first-order valence-corrected chi connectivity index (χ1v) is 8.77. The van der Waals surface area contributed by atoms with Crippen LogP contribution in [0, 0.1) is 20.8 Å². The van der Waals surface area contributed by atoms with Crippen LogP contribution in [0.1, 0.15) is 50.5 Å². The molecule has 126 valence electrons. The van der Waals surface area contributed by atoms with Crippen LogP contribution in [0.15, 0.2) is 72.8 Å². The average molecular weight is 328 g/mol. The largest absolute Gasteiger partial charge is 0.294 e. The summed E-state index contributed by atoms with van der Waals surface area (Å²) < 4.78 is 0. The van der Waals surface area contributed by atoms with Gasteiger partial charge in [0, 0.05) is 17.9 Å². The van der Waals surface area contributed by atoms with E-state index in [-0.39, 0.29) is 11.7 Å². The van der Waals surface area contributed by atoms with E-state index in [0.717, 1.165) is 5.56 Å². The van der Waals surface area contributed by atoms with Crippen molar-refractivity contribution in [2.45, 2.75) is 33.1 Å². The zero-order valence-electron chi connectivity index (χ0n) is 15.1. The fourth-order valence-corrected chi connectivity index (χ4v) is 3.74. The molecule has 3 rings (SSSR count). The number of carbonyl (C=O) groups excluding carboxylic acids is 1. The van der Waals surface area contributed by atoms with E-state index in [1.807, 2.05) is 48.5 Å². The first-order valence-electron chi connectivity index (χ1n) is 8.77. The second-order valence-electron chi connectivity index (χ2n) is 6.77. The van der Waals surface area contributed by atoms with Gasteiger partial charge in [0.2, 0.25) is 0 Å². The van der Waals surface area contributed by atoms with Gasteiger partial charge in [-0.05, 0) is 43.0 Å². The van der Waals surface area contributed by atoms with Crippen LogP contribution in [0.4, 0.5) is 0 Å². The van der Waals surface area contributed by atoms with Crippen LogP contribution >= 0.6 is 0 Å². The fourth-order valence-electron chi connectivity index (χ4n) is 3.74. The lowest BCUT2D eigenvalue weighted by molar-refractivity contribution is 0.0977. The highest BCUT2D eigenvalue weighted by molar-refractivity contribution is 5.96. The van der Waals surface area contributed by atoms with Crippen molar-refractivity contribution in [2.24, 2.45) is 0 Å². The Bertz CT molecular complexity index is 840. The minimum Gasteiger partial charge on any atom is -0.294 e. The molecule has 3 aromatic carbocycles. The Labute approximate surface area is 150 Å². The van der Waals surface area contributed by atoms with Gasteiger partial charge >= 0.3 is 0 Å². The van der Waals surface area contributed by atoms with Crippen molar-refractivity contribution >= 4 is 5.78 Å². The number of hydrogen-bond acceptors (Lipinski definition) is 1. The monoisotopic (exact) mass is 328 g/mol. The van der Waals surface area contributed by atoms with Gasteiger partial charge < -0.3 is 0 Å². The van der Waals surface area contributed by atoms with Crippen molar-refractivity contribution in [3.05, 3.63) is 106 Å². The minimum absolute atomic E-state index is 0.0782. The standard InChI is InChI=1S/C24H24O/c1-17-14-18(2)24(19(3)15-17)22(20-10-6-4-7-11-20)16-23(25)21-12-8-5-9-13-21/h4-15,22H,16H2,1-3H3. The normalized spacial score (nSPS) is 12.0. The molecule has 0 radical (unpaired) electrons. The van der Waals surface area contributed by atoms with Crippen LogP contribution in [-0.4, -0.2) is 5.78 Å². The lowest BCUT2D eigenvalue weighted by atomic mass is 9.81. The number of aryl methyl sites for hydroxylation is 3. The van der Waals surface area contributed by atoms with Gasteiger partial charge in [0.15, 0.2) is 5.78 Å². The van der Waals surface area contributed by atoms with Crippen LogP contribution in [0.2, 0.25) is 0 Å². The highest BCUT2D eigenvalue weighted by atomic mass is 16.1. The third-order valence-corrected chi connectivity index (χ3v) is 4.77. The van der Waals surface area contributed by atoms with Gasteiger partial charge in [-0.2, -0.15) is 0 Å². The molecule has 0 aliphatic rings. The van der Waals surface area contributed by atoms with Crippen LogP contribution in [0.5, 0.6) is 0 Å². The van der Waals surface area contributed by atoms with Gasteiger partial charge in [0.25, 0.3) is 0 Å². The molecule has 25 heavy (non-hydrogen) atoms. The smallest absolute Gasteiger partial charge is 0.163 e. The van der Waals surface area contributed by atoms with E-state index in [0.29, 0.717) is 6.42 Å². The zero-order valence-corrected chi connectivity index (χ0v) is 15.1. The van der Waals surface area contributed by atoms with Crippen molar-refractivity contribution < 1.29 is 4.79 Å². The van der Waals surface area contributed by atoms with Crippen molar-refractivity contribution in [3.63, 3.8) is 0 Å². The molecule has 0 fully saturated rings. The number of hydrogen-bond donors (Lipinski definition) is 0. The Kier molecular flexibility index (Phi) is 5.14. The van der Waals surface area contributed by atoms with Gasteiger partial charge in [-0.25, -0.2) is 0 Å². The molecule has 0 aromatic heterocycles. The summed E-state index contributed by atoms with van der Waals surface area (Å²) in [6.07, 6.45) is 0.485. The first-order chi connectivity index (χ1) is 12.1. The molecule has 1 nitrogen and oxygen atoms in total. The van der Waals surface area contributed by atoms with Crippen LogP contribution in [0.3, 0.4) is 0 Å². The van der Waals surface area contributed by atoms with E-state index < -0.39 is 0 Å². The second kappa shape index (κ2) is 7.48. The van der Waals surface area contributed by atoms with Gasteiger partial charge in [-0.1, -0.05) is 78.4 Å². The summed E-state index contributed by atoms with van der Waals surface area (Å²) >= 11 is 0. The number of rotatable bonds is 5. The Morgan fingerprint density at radius 2 is 1.32 bits per heavy atom. The molecule has 0 N–H and O–H groups in total. The topological polar surface area (TPSA) is 17.1 Å². The molecule has 3 aromatic rings. The summed E-state index contributed by atoms with van der Waals surface area (Å²) in [6, 6.07) is 24.4. The molecular formula is C24H24O. The third kappa shape index (κ3) is 3.88. The maximum Gasteiger partial charge on any atom is 0.163 e. The molecule has 0 aliphatic heterocycles. The molecule has 0 saturated carbocycles. The third-order valence-electron chi connectivity index (χ3n) is 4.77. The van der Waals surface area contributed by atoms with Crippen molar-refractivity contribution in [1.82, 2.24) is 0 Å². The molecule has 1 atom stereocenters. The molecule has 0 spiro atoms. The number of carbonyl (C=O) groups is 1. The van der Waals surface area contributed by atoms with Crippen LogP contribution in [0.25, 0.3) is 0 Å². The molecule has 0 aliphatic carbocycles. The van der Waals surface area contributed by atoms with E-state index in [2.05, 4.69) is 45.0 Å². The maximum atomic E-state index is 12.9. The Morgan fingerprint density at radius 3 is 1.88 bits per heavy atom. The number of benzene rings is 3. The molecule has 0 bridgehead atoms. The lowest BCUT2D eigenvalue weighted by Gasteiger charge is -2.22. The van der Waals surface area contributed by atoms with E-state index in [4.69, 9.17) is 0 Å². The molecule has 0 heterocycles. The van der Waals surface area contributed by atoms with Gasteiger partial charge in [0.1, 0.15) is 0 Å². The molecule has 0 amide bonds. The number of ketones is 1. The van der Waals surface area contributed by atoms with E-state index in [1.54, 1.807) is 0 Å². The summed E-state index contributed by atoms with van der Waals surface area (Å²) in [5, 5.41) is 0. The Hall–Kier alpha value is -2.67. The summed E-state index contributed by atoms with van der Waals surface area (Å²) in [5.41, 5.74) is 7.04. The Balaban J connectivity index is 2.04. The molecule has 1 heteroatoms. The second-order valence-corrected chi connectivity index (χ2v) is 6.77. The molecule has 0 saturated heterocycles. The summed E-state index contributed by atoms with van der Waals surface area (Å²) in [6.45, 7) is 6.42. The quantitative estimate of drug-likeness (QED) is 0.524. The molecular weight excluding hydrogens is 304 g/mol. The van der Waals surface area contributed by atoms with E-state index in [1.165, 1.54) is 27.8 Å². The average Bonchev–Trinajstić information content (AvgIpc) is 2.61. The van der Waals surface area contributed by atoms with E-state index >= 15 is 0 Å². The van der Waals surface area contributed by atoms with E-state index in [9.17, 15) is 4.79 Å². The summed E-state index contributed by atoms with van der Waals surface area (Å²) in [7, 11) is 0. The lowest BCUT2D eigenvalue weighted by Crippen LogP contribution is -2.12. The van der Waals surface area contributed by atoms with Crippen molar-refractivity contribution in [3.8, 4) is 0 Å². The number of Topliss-reactive ketones (excluding diaryl/α,β-unsaturated/α-hetero) is 1. The predicted octanol–water partition coefficient (Wildman–Crippen LogP) is 6.02. The van der Waals surface area contributed by atoms with Crippen LogP contribution < -0.4 is 0 Å². The SMILES string of the molecule is Cc1cc(C)c(C(CC(=O)c2ccccc2)c2ccccc2)c(C)c1. The minimum atomic E-state index is 0.0782. The van der Waals surface area contributed by atoms with Gasteiger partial charge in [0.05, 0.1) is 0 Å². The maximum absolute atomic E-state index is 12.9. The van der Waals surface area contributed by atoms with Gasteiger partial charge in [-0.3, -0.25) is 4.79 Å². The zero-order chi connectivity index (χ0) is 17.8. The first kappa shape index (κ1) is 17.2. The molecule has 1 unspecified atom stereocenters. The highest BCUT2D eigenvalue weighted by Crippen LogP contribution is 2.34. The Morgan fingerprint density at radius 1 is 0.800 bits per heavy atom. The van der Waals surface area contributed by atoms with Crippen molar-refractivity contribution in [1.29, 1.82) is 0 Å². The highest BCUT2D eigenvalue weighted by Gasteiger charge is 2.22. The van der Waals surface area contributed by atoms with Crippen molar-refractivity contribution in [2.75, 3.05) is 0 Å².